The lowest BCUT2D eigenvalue weighted by molar-refractivity contribution is 0.0944. The number of hydrogen-bond acceptors (Lipinski definition) is 4. The first-order valence-electron chi connectivity index (χ1n) is 12.5. The average Bonchev–Trinajstić information content (AvgIpc) is 3.53. The van der Waals surface area contributed by atoms with E-state index in [0.29, 0.717) is 35.2 Å². The summed E-state index contributed by atoms with van der Waals surface area (Å²) in [6, 6.07) is 12.5. The van der Waals surface area contributed by atoms with Crippen LogP contribution in [0, 0.1) is 29.9 Å². The highest BCUT2D eigenvalue weighted by atomic mass is 32.1. The number of nitrogens with zero attached hydrogens (tertiary/aromatic N) is 2. The van der Waals surface area contributed by atoms with Crippen molar-refractivity contribution in [1.82, 2.24) is 9.55 Å². The number of aromatic nitrogens is 2. The number of benzene rings is 2. The highest BCUT2D eigenvalue weighted by Crippen LogP contribution is 2.41. The van der Waals surface area contributed by atoms with E-state index in [1.165, 1.54) is 29.5 Å². The Hall–Kier alpha value is -3.63. The molecule has 7 heteroatoms. The molecule has 0 radical (unpaired) electrons. The van der Waals surface area contributed by atoms with Crippen LogP contribution in [-0.4, -0.2) is 21.1 Å². The van der Waals surface area contributed by atoms with E-state index in [2.05, 4.69) is 10.9 Å². The van der Waals surface area contributed by atoms with Crippen molar-refractivity contribution in [2.24, 2.45) is 5.92 Å². The molecule has 4 aromatic rings. The van der Waals surface area contributed by atoms with E-state index in [9.17, 15) is 18.4 Å². The van der Waals surface area contributed by atoms with Crippen LogP contribution in [0.2, 0.25) is 0 Å². The fourth-order valence-corrected chi connectivity index (χ4v) is 6.11. The molecule has 4 nitrogen and oxygen atoms in total. The zero-order valence-corrected chi connectivity index (χ0v) is 21.3. The Balaban J connectivity index is 1.53. The summed E-state index contributed by atoms with van der Waals surface area (Å²) in [7, 11) is 0. The van der Waals surface area contributed by atoms with Gasteiger partial charge >= 0.3 is 0 Å². The van der Waals surface area contributed by atoms with Crippen LogP contribution < -0.4 is 0 Å². The maximum absolute atomic E-state index is 14.9. The average molecular weight is 517 g/mol. The Bertz CT molecular complexity index is 1520. The van der Waals surface area contributed by atoms with Crippen LogP contribution in [0.4, 0.5) is 8.78 Å². The Kier molecular flexibility index (Phi) is 7.03. The van der Waals surface area contributed by atoms with Gasteiger partial charge in [0.05, 0.1) is 26.4 Å². The summed E-state index contributed by atoms with van der Waals surface area (Å²) in [4.78, 5) is 31.3. The number of carbonyl (C=O) groups excluding carboxylic acids is 2. The van der Waals surface area contributed by atoms with Crippen LogP contribution in [0.5, 0.6) is 0 Å². The van der Waals surface area contributed by atoms with E-state index in [4.69, 9.17) is 6.42 Å². The molecule has 37 heavy (non-hydrogen) atoms. The SMILES string of the molecule is C#Cc1ccc(C(=O)C[C@@H]2CCC[C@H](n3c(-c4c(F)cccc4F)nc4cc(C(=O)CC)ccc43)C2)s1. The number of terminal acetylenes is 1. The van der Waals surface area contributed by atoms with Crippen LogP contribution >= 0.6 is 11.3 Å². The Labute approximate surface area is 218 Å². The van der Waals surface area contributed by atoms with Crippen LogP contribution in [-0.2, 0) is 0 Å². The van der Waals surface area contributed by atoms with E-state index in [0.717, 1.165) is 29.7 Å². The van der Waals surface area contributed by atoms with E-state index >= 15 is 0 Å². The molecule has 0 amide bonds. The molecule has 1 saturated carbocycles. The largest absolute Gasteiger partial charge is 0.321 e. The highest BCUT2D eigenvalue weighted by molar-refractivity contribution is 7.14. The zero-order chi connectivity index (χ0) is 26.1. The maximum atomic E-state index is 14.9. The van der Waals surface area contributed by atoms with Gasteiger partial charge in [-0.05, 0) is 67.6 Å². The molecule has 0 aliphatic heterocycles. The van der Waals surface area contributed by atoms with Crippen molar-refractivity contribution in [1.29, 1.82) is 0 Å². The van der Waals surface area contributed by atoms with Crippen molar-refractivity contribution in [3.63, 3.8) is 0 Å². The van der Waals surface area contributed by atoms with Gasteiger partial charge in [0.1, 0.15) is 17.5 Å². The van der Waals surface area contributed by atoms with Crippen molar-refractivity contribution in [3.8, 4) is 23.7 Å². The molecule has 2 atom stereocenters. The molecule has 188 valence electrons. The van der Waals surface area contributed by atoms with Gasteiger partial charge in [0.15, 0.2) is 11.6 Å². The number of imidazole rings is 1. The molecule has 0 spiro atoms. The lowest BCUT2D eigenvalue weighted by atomic mass is 9.82. The molecule has 2 heterocycles. The minimum absolute atomic E-state index is 0.0205. The molecule has 1 fully saturated rings. The lowest BCUT2D eigenvalue weighted by Gasteiger charge is -2.31. The summed E-state index contributed by atoms with van der Waals surface area (Å²) in [5.41, 5.74) is 1.59. The number of halogens is 2. The Morgan fingerprint density at radius 1 is 1.11 bits per heavy atom. The van der Waals surface area contributed by atoms with Crippen LogP contribution in [0.15, 0.2) is 48.5 Å². The van der Waals surface area contributed by atoms with Gasteiger partial charge in [-0.2, -0.15) is 0 Å². The van der Waals surface area contributed by atoms with Gasteiger partial charge in [-0.25, -0.2) is 13.8 Å². The summed E-state index contributed by atoms with van der Waals surface area (Å²) in [6.07, 6.45) is 9.47. The molecular formula is C30H26F2N2O2S. The van der Waals surface area contributed by atoms with Crippen molar-refractivity contribution >= 4 is 33.9 Å². The molecule has 1 aliphatic carbocycles. The Morgan fingerprint density at radius 2 is 1.89 bits per heavy atom. The normalized spacial score (nSPS) is 17.6. The van der Waals surface area contributed by atoms with Gasteiger partial charge in [-0.15, -0.1) is 17.8 Å². The number of hydrogen-bond donors (Lipinski definition) is 0. The predicted octanol–water partition coefficient (Wildman–Crippen LogP) is 7.62. The number of thiophene rings is 1. The van der Waals surface area contributed by atoms with Crippen molar-refractivity contribution in [3.05, 3.63) is 75.5 Å². The molecule has 1 aliphatic rings. The zero-order valence-electron chi connectivity index (χ0n) is 20.5. The highest BCUT2D eigenvalue weighted by Gasteiger charge is 2.30. The van der Waals surface area contributed by atoms with Crippen molar-refractivity contribution in [2.45, 2.75) is 51.5 Å². The van der Waals surface area contributed by atoms with E-state index in [1.54, 1.807) is 31.2 Å². The molecule has 0 N–H and O–H groups in total. The van der Waals surface area contributed by atoms with Gasteiger partial charge in [-0.3, -0.25) is 9.59 Å². The van der Waals surface area contributed by atoms with Gasteiger partial charge in [0.25, 0.3) is 0 Å². The monoisotopic (exact) mass is 516 g/mol. The third-order valence-corrected chi connectivity index (χ3v) is 8.19. The van der Waals surface area contributed by atoms with Gasteiger partial charge in [-0.1, -0.05) is 25.3 Å². The van der Waals surface area contributed by atoms with Crippen LogP contribution in [0.3, 0.4) is 0 Å². The first-order chi connectivity index (χ1) is 17.9. The van der Waals surface area contributed by atoms with Crippen molar-refractivity contribution in [2.75, 3.05) is 0 Å². The van der Waals surface area contributed by atoms with Gasteiger partial charge in [0.2, 0.25) is 0 Å². The van der Waals surface area contributed by atoms with Crippen molar-refractivity contribution < 1.29 is 18.4 Å². The number of fused-ring (bicyclic) bond motifs is 1. The Morgan fingerprint density at radius 3 is 2.59 bits per heavy atom. The molecule has 0 bridgehead atoms. The lowest BCUT2D eigenvalue weighted by Crippen LogP contribution is -2.22. The third kappa shape index (κ3) is 4.86. The molecule has 2 aromatic heterocycles. The summed E-state index contributed by atoms with van der Waals surface area (Å²) >= 11 is 1.33. The second-order valence-electron chi connectivity index (χ2n) is 9.50. The summed E-state index contributed by atoms with van der Waals surface area (Å²) in [5.74, 6) is 1.57. The molecule has 5 rings (SSSR count). The fraction of sp³-hybridized carbons (Fsp3) is 0.300. The molecule has 2 aromatic carbocycles. The first kappa shape index (κ1) is 25.0. The quantitative estimate of drug-likeness (QED) is 0.188. The maximum Gasteiger partial charge on any atom is 0.173 e. The summed E-state index contributed by atoms with van der Waals surface area (Å²) < 4.78 is 31.8. The smallest absolute Gasteiger partial charge is 0.173 e. The molecule has 0 saturated heterocycles. The van der Waals surface area contributed by atoms with Crippen LogP contribution in [0.1, 0.15) is 76.4 Å². The van der Waals surface area contributed by atoms with Gasteiger partial charge < -0.3 is 4.57 Å². The topological polar surface area (TPSA) is 52.0 Å². The summed E-state index contributed by atoms with van der Waals surface area (Å²) in [5, 5.41) is 0. The molecule has 0 unspecified atom stereocenters. The molecular weight excluding hydrogens is 490 g/mol. The van der Waals surface area contributed by atoms with E-state index in [1.807, 2.05) is 10.6 Å². The number of carbonyl (C=O) groups is 2. The fourth-order valence-electron chi connectivity index (χ4n) is 5.34. The number of rotatable bonds is 7. The number of Topliss-reactive ketones (excluding diaryl/α,β-unsaturated/α-hetero) is 2. The first-order valence-corrected chi connectivity index (χ1v) is 13.3. The summed E-state index contributed by atoms with van der Waals surface area (Å²) in [6.45, 7) is 1.79. The predicted molar refractivity (Wildman–Crippen MR) is 142 cm³/mol. The van der Waals surface area contributed by atoms with E-state index < -0.39 is 11.6 Å². The third-order valence-electron chi connectivity index (χ3n) is 7.14. The van der Waals surface area contributed by atoms with E-state index in [-0.39, 0.29) is 34.9 Å². The second-order valence-corrected chi connectivity index (χ2v) is 10.6. The minimum atomic E-state index is -0.689. The van der Waals surface area contributed by atoms with Crippen LogP contribution in [0.25, 0.3) is 22.4 Å². The minimum Gasteiger partial charge on any atom is -0.321 e. The number of ketones is 2. The standard InChI is InChI=1S/C30H26F2N2O2S/c1-3-21-12-14-28(37-21)27(36)16-18-7-5-8-20(15-18)34-25-13-11-19(26(35)4-2)17-24(25)33-30(34)29-22(31)9-6-10-23(29)32/h1,6,9-14,17-18,20H,4-5,7-8,15-16H2,2H3/t18-,20+/m1/s1. The second kappa shape index (κ2) is 10.4. The van der Waals surface area contributed by atoms with Gasteiger partial charge in [0, 0.05) is 24.4 Å².